The lowest BCUT2D eigenvalue weighted by Gasteiger charge is -2.15. The van der Waals surface area contributed by atoms with Crippen LogP contribution in [-0.2, 0) is 11.2 Å². The lowest BCUT2D eigenvalue weighted by molar-refractivity contribution is -0.683. The first-order valence-electron chi connectivity index (χ1n) is 8.71. The number of quaternary nitrogens is 1. The molecule has 0 aliphatic heterocycles. The van der Waals surface area contributed by atoms with E-state index in [4.69, 9.17) is 0 Å². The van der Waals surface area contributed by atoms with E-state index in [9.17, 15) is 9.59 Å². The molecule has 4 N–H and O–H groups in total. The molecule has 2 aromatic rings. The summed E-state index contributed by atoms with van der Waals surface area (Å²) in [6, 6.07) is 18.9. The fourth-order valence-corrected chi connectivity index (χ4v) is 2.68. The molecule has 0 aromatic heterocycles. The van der Waals surface area contributed by atoms with Crippen LogP contribution in [0.1, 0.15) is 30.5 Å². The van der Waals surface area contributed by atoms with Gasteiger partial charge in [-0.3, -0.25) is 10.1 Å². The molecule has 25 heavy (non-hydrogen) atoms. The molecule has 0 fully saturated rings. The maximum Gasteiger partial charge on any atom is 0.321 e. The van der Waals surface area contributed by atoms with Crippen LogP contribution in [0.3, 0.4) is 0 Å². The van der Waals surface area contributed by atoms with E-state index >= 15 is 0 Å². The van der Waals surface area contributed by atoms with Crippen molar-refractivity contribution in [2.45, 2.75) is 25.8 Å². The second-order valence-electron chi connectivity index (χ2n) is 5.85. The van der Waals surface area contributed by atoms with Crippen molar-refractivity contribution in [3.8, 4) is 0 Å². The molecule has 1 atom stereocenters. The van der Waals surface area contributed by atoms with E-state index in [1.807, 2.05) is 60.8 Å². The van der Waals surface area contributed by atoms with Crippen molar-refractivity contribution in [2.75, 3.05) is 13.1 Å². The summed E-state index contributed by atoms with van der Waals surface area (Å²) < 4.78 is 0. The fraction of sp³-hybridized carbons (Fsp3) is 0.300. The molecule has 0 spiro atoms. The summed E-state index contributed by atoms with van der Waals surface area (Å²) in [5.41, 5.74) is 2.18. The van der Waals surface area contributed by atoms with Gasteiger partial charge in [-0.25, -0.2) is 4.79 Å². The molecule has 0 bridgehead atoms. The molecule has 3 amide bonds. The van der Waals surface area contributed by atoms with Crippen LogP contribution >= 0.6 is 0 Å². The van der Waals surface area contributed by atoms with Crippen molar-refractivity contribution in [3.63, 3.8) is 0 Å². The Morgan fingerprint density at radius 1 is 1.00 bits per heavy atom. The molecular weight excluding hydrogens is 314 g/mol. The highest BCUT2D eigenvalue weighted by Gasteiger charge is 2.25. The zero-order valence-electron chi connectivity index (χ0n) is 14.6. The van der Waals surface area contributed by atoms with Crippen LogP contribution in [0.5, 0.6) is 0 Å². The van der Waals surface area contributed by atoms with Gasteiger partial charge in [0.1, 0.15) is 0 Å². The maximum absolute atomic E-state index is 12.5. The normalized spacial score (nSPS) is 11.6. The molecule has 132 valence electrons. The second kappa shape index (κ2) is 10.3. The van der Waals surface area contributed by atoms with Crippen LogP contribution in [0.25, 0.3) is 0 Å². The number of carbonyl (C=O) groups is 2. The molecule has 0 saturated carbocycles. The van der Waals surface area contributed by atoms with Crippen LogP contribution in [0.15, 0.2) is 60.7 Å². The number of hydrogen-bond donors (Lipinski definition) is 3. The number of benzene rings is 2. The third kappa shape index (κ3) is 6.39. The monoisotopic (exact) mass is 340 g/mol. The standard InChI is InChI=1S/C20H25N3O2/c1-2-21-20(25)23-19(24)18(17-13-7-4-8-14-17)22-15-9-12-16-10-5-3-6-11-16/h3-8,10-11,13-14,18,22H,2,9,12,15H2,1H3,(H2,21,23,24,25)/p+1/t18-/m0/s1. The van der Waals surface area contributed by atoms with Gasteiger partial charge in [0.2, 0.25) is 0 Å². The second-order valence-corrected chi connectivity index (χ2v) is 5.85. The maximum atomic E-state index is 12.5. The van der Waals surface area contributed by atoms with E-state index in [0.29, 0.717) is 6.54 Å². The Hall–Kier alpha value is -2.66. The Labute approximate surface area is 148 Å². The Balaban J connectivity index is 1.92. The third-order valence-corrected chi connectivity index (χ3v) is 3.93. The molecular formula is C20H26N3O2+. The number of aryl methyl sites for hydroxylation is 1. The van der Waals surface area contributed by atoms with E-state index in [-0.39, 0.29) is 5.91 Å². The van der Waals surface area contributed by atoms with Crippen molar-refractivity contribution >= 4 is 11.9 Å². The van der Waals surface area contributed by atoms with E-state index in [1.54, 1.807) is 0 Å². The number of imide groups is 1. The highest BCUT2D eigenvalue weighted by molar-refractivity contribution is 5.96. The zero-order valence-corrected chi connectivity index (χ0v) is 14.6. The molecule has 0 aliphatic carbocycles. The zero-order chi connectivity index (χ0) is 17.9. The predicted molar refractivity (Wildman–Crippen MR) is 98.0 cm³/mol. The number of nitrogens with one attached hydrogen (secondary N) is 2. The molecule has 2 aromatic carbocycles. The first-order chi connectivity index (χ1) is 12.2. The molecule has 0 radical (unpaired) electrons. The van der Waals surface area contributed by atoms with Gasteiger partial charge in [-0.2, -0.15) is 0 Å². The number of amides is 3. The summed E-state index contributed by atoms with van der Waals surface area (Å²) in [5.74, 6) is -0.295. The van der Waals surface area contributed by atoms with Crippen LogP contribution in [0.2, 0.25) is 0 Å². The largest absolute Gasteiger partial charge is 0.338 e. The number of nitrogens with two attached hydrogens (primary N) is 1. The number of rotatable bonds is 8. The first kappa shape index (κ1) is 18.7. The van der Waals surface area contributed by atoms with Crippen LogP contribution in [0.4, 0.5) is 4.79 Å². The average Bonchev–Trinajstić information content (AvgIpc) is 2.63. The number of hydrogen-bond acceptors (Lipinski definition) is 2. The Morgan fingerprint density at radius 2 is 1.64 bits per heavy atom. The van der Waals surface area contributed by atoms with Gasteiger partial charge < -0.3 is 10.6 Å². The molecule has 0 aliphatic rings. The molecule has 2 rings (SSSR count). The summed E-state index contributed by atoms with van der Waals surface area (Å²) in [6.45, 7) is 3.10. The van der Waals surface area contributed by atoms with Gasteiger partial charge in [0, 0.05) is 18.5 Å². The summed E-state index contributed by atoms with van der Waals surface area (Å²) >= 11 is 0. The lowest BCUT2D eigenvalue weighted by Crippen LogP contribution is -2.88. The van der Waals surface area contributed by atoms with Crippen LogP contribution in [0, 0.1) is 0 Å². The van der Waals surface area contributed by atoms with Crippen molar-refractivity contribution in [3.05, 3.63) is 71.8 Å². The van der Waals surface area contributed by atoms with Gasteiger partial charge in [0.05, 0.1) is 6.54 Å². The van der Waals surface area contributed by atoms with Gasteiger partial charge in [-0.05, 0) is 18.9 Å². The quantitative estimate of drug-likeness (QED) is 0.641. The highest BCUT2D eigenvalue weighted by Crippen LogP contribution is 2.08. The first-order valence-corrected chi connectivity index (χ1v) is 8.71. The van der Waals surface area contributed by atoms with E-state index in [2.05, 4.69) is 22.8 Å². The molecule has 0 saturated heterocycles. The third-order valence-electron chi connectivity index (χ3n) is 3.93. The van der Waals surface area contributed by atoms with Crippen molar-refractivity contribution in [1.82, 2.24) is 10.6 Å². The number of urea groups is 1. The molecule has 0 unspecified atom stereocenters. The van der Waals surface area contributed by atoms with Crippen molar-refractivity contribution < 1.29 is 14.9 Å². The van der Waals surface area contributed by atoms with Gasteiger partial charge in [0.15, 0.2) is 6.04 Å². The van der Waals surface area contributed by atoms with Gasteiger partial charge in [0.25, 0.3) is 5.91 Å². The minimum atomic E-state index is -0.453. The minimum Gasteiger partial charge on any atom is -0.338 e. The van der Waals surface area contributed by atoms with Gasteiger partial charge in [-0.15, -0.1) is 0 Å². The van der Waals surface area contributed by atoms with Crippen molar-refractivity contribution in [2.24, 2.45) is 0 Å². The van der Waals surface area contributed by atoms with E-state index in [0.717, 1.165) is 24.9 Å². The highest BCUT2D eigenvalue weighted by atomic mass is 16.2. The average molecular weight is 340 g/mol. The summed E-state index contributed by atoms with van der Waals surface area (Å²) in [4.78, 5) is 24.1. The Bertz CT molecular complexity index is 659. The SMILES string of the molecule is CCNC(=O)NC(=O)[C@@H]([NH2+]CCCc1ccccc1)c1ccccc1. The summed E-state index contributed by atoms with van der Waals surface area (Å²) in [6.07, 6.45) is 1.93. The minimum absolute atomic E-state index is 0.295. The van der Waals surface area contributed by atoms with Gasteiger partial charge in [-0.1, -0.05) is 60.7 Å². The summed E-state index contributed by atoms with van der Waals surface area (Å²) in [7, 11) is 0. The molecule has 5 heteroatoms. The Kier molecular flexibility index (Phi) is 7.66. The number of carbonyl (C=O) groups excluding carboxylic acids is 2. The topological polar surface area (TPSA) is 74.8 Å². The van der Waals surface area contributed by atoms with Crippen LogP contribution < -0.4 is 16.0 Å². The Morgan fingerprint density at radius 3 is 2.28 bits per heavy atom. The lowest BCUT2D eigenvalue weighted by atomic mass is 10.1. The van der Waals surface area contributed by atoms with Gasteiger partial charge >= 0.3 is 6.03 Å². The van der Waals surface area contributed by atoms with E-state index < -0.39 is 12.1 Å². The molecule has 5 nitrogen and oxygen atoms in total. The van der Waals surface area contributed by atoms with E-state index in [1.165, 1.54) is 5.56 Å². The smallest absolute Gasteiger partial charge is 0.321 e. The fourth-order valence-electron chi connectivity index (χ4n) is 2.68. The predicted octanol–water partition coefficient (Wildman–Crippen LogP) is 1.77. The van der Waals surface area contributed by atoms with Crippen LogP contribution in [-0.4, -0.2) is 25.0 Å². The summed E-state index contributed by atoms with van der Waals surface area (Å²) in [5, 5.41) is 7.00. The molecule has 0 heterocycles. The van der Waals surface area contributed by atoms with Crippen molar-refractivity contribution in [1.29, 1.82) is 0 Å².